The molecule has 0 aromatic carbocycles. The molecule has 0 amide bonds. The molecular formula is C14H18N6. The summed E-state index contributed by atoms with van der Waals surface area (Å²) in [5, 5.41) is 6.74. The highest BCUT2D eigenvalue weighted by atomic mass is 15.1. The lowest BCUT2D eigenvalue weighted by Crippen LogP contribution is -2.38. The number of aromatic nitrogens is 3. The predicted octanol–water partition coefficient (Wildman–Crippen LogP) is 1.28. The van der Waals surface area contributed by atoms with E-state index in [-0.39, 0.29) is 0 Å². The number of nitrogen functional groups attached to an aromatic ring is 1. The first-order valence-corrected chi connectivity index (χ1v) is 6.83. The van der Waals surface area contributed by atoms with Gasteiger partial charge in [-0.2, -0.15) is 0 Å². The van der Waals surface area contributed by atoms with E-state index >= 15 is 0 Å². The van der Waals surface area contributed by atoms with E-state index in [0.717, 1.165) is 37.2 Å². The van der Waals surface area contributed by atoms with Crippen molar-refractivity contribution >= 4 is 11.6 Å². The molecule has 1 saturated heterocycles. The zero-order valence-electron chi connectivity index (χ0n) is 11.2. The van der Waals surface area contributed by atoms with Gasteiger partial charge in [0, 0.05) is 30.5 Å². The summed E-state index contributed by atoms with van der Waals surface area (Å²) in [5.41, 5.74) is 7.70. The normalized spacial score (nSPS) is 18.7. The van der Waals surface area contributed by atoms with E-state index in [1.54, 1.807) is 18.6 Å². The van der Waals surface area contributed by atoms with Crippen LogP contribution in [0.15, 0.2) is 30.7 Å². The van der Waals surface area contributed by atoms with Gasteiger partial charge in [-0.05, 0) is 31.5 Å². The highest BCUT2D eigenvalue weighted by Crippen LogP contribution is 2.21. The molecule has 3 rings (SSSR count). The Morgan fingerprint density at radius 3 is 2.90 bits per heavy atom. The summed E-state index contributed by atoms with van der Waals surface area (Å²) in [4.78, 5) is 12.8. The molecule has 0 radical (unpaired) electrons. The van der Waals surface area contributed by atoms with Gasteiger partial charge in [-0.3, -0.25) is 4.98 Å². The van der Waals surface area contributed by atoms with Crippen molar-refractivity contribution in [1.82, 2.24) is 20.3 Å². The summed E-state index contributed by atoms with van der Waals surface area (Å²) in [6, 6.07) is 4.17. The second-order valence-electron chi connectivity index (χ2n) is 4.91. The minimum Gasteiger partial charge on any atom is -0.381 e. The van der Waals surface area contributed by atoms with Crippen LogP contribution in [0.2, 0.25) is 0 Å². The second kappa shape index (κ2) is 5.83. The zero-order valence-corrected chi connectivity index (χ0v) is 11.2. The van der Waals surface area contributed by atoms with Gasteiger partial charge < -0.3 is 16.4 Å². The Hall–Kier alpha value is -2.21. The van der Waals surface area contributed by atoms with E-state index in [2.05, 4.69) is 25.6 Å². The Labute approximate surface area is 117 Å². The summed E-state index contributed by atoms with van der Waals surface area (Å²) in [6.45, 7) is 2.01. The van der Waals surface area contributed by atoms with Crippen LogP contribution >= 0.6 is 0 Å². The van der Waals surface area contributed by atoms with Crippen LogP contribution in [-0.4, -0.2) is 34.1 Å². The molecule has 0 saturated carbocycles. The van der Waals surface area contributed by atoms with Crippen molar-refractivity contribution in [2.24, 2.45) is 0 Å². The Bertz CT molecular complexity index is 565. The third-order valence-corrected chi connectivity index (χ3v) is 3.41. The van der Waals surface area contributed by atoms with Crippen LogP contribution in [0.4, 0.5) is 11.6 Å². The van der Waals surface area contributed by atoms with Crippen molar-refractivity contribution in [3.05, 3.63) is 30.7 Å². The van der Waals surface area contributed by atoms with Crippen LogP contribution in [0, 0.1) is 0 Å². The maximum atomic E-state index is 5.92. The fourth-order valence-electron chi connectivity index (χ4n) is 2.33. The van der Waals surface area contributed by atoms with Gasteiger partial charge in [0.2, 0.25) is 0 Å². The molecular weight excluding hydrogens is 252 g/mol. The van der Waals surface area contributed by atoms with Gasteiger partial charge in [0.05, 0.1) is 11.9 Å². The Morgan fingerprint density at radius 2 is 2.15 bits per heavy atom. The van der Waals surface area contributed by atoms with Gasteiger partial charge in [-0.15, -0.1) is 0 Å². The standard InChI is InChI=1S/C14H18N6/c15-13-14(19-11-2-1-5-17-8-11)20-12(9-18-13)10-3-6-16-7-4-10/h3-4,6-7,9,11,17H,1-2,5,8H2,(H2,15,18)(H,19,20)/t11-/m1/s1. The number of piperidine rings is 1. The molecule has 1 aliphatic rings. The van der Waals surface area contributed by atoms with E-state index in [1.165, 1.54) is 0 Å². The molecule has 104 valence electrons. The van der Waals surface area contributed by atoms with Gasteiger partial charge in [0.25, 0.3) is 0 Å². The van der Waals surface area contributed by atoms with Crippen molar-refractivity contribution in [3.8, 4) is 11.3 Å². The third kappa shape index (κ3) is 2.85. The first-order chi connectivity index (χ1) is 9.83. The number of rotatable bonds is 3. The van der Waals surface area contributed by atoms with Crippen molar-refractivity contribution in [3.63, 3.8) is 0 Å². The average Bonchev–Trinajstić information content (AvgIpc) is 2.51. The molecule has 2 aromatic rings. The first-order valence-electron chi connectivity index (χ1n) is 6.83. The number of nitrogens with one attached hydrogen (secondary N) is 2. The third-order valence-electron chi connectivity index (χ3n) is 3.41. The van der Waals surface area contributed by atoms with Crippen LogP contribution in [-0.2, 0) is 0 Å². The fraction of sp³-hybridized carbons (Fsp3) is 0.357. The fourth-order valence-corrected chi connectivity index (χ4v) is 2.33. The molecule has 4 N–H and O–H groups in total. The molecule has 1 fully saturated rings. The van der Waals surface area contributed by atoms with E-state index < -0.39 is 0 Å². The summed E-state index contributed by atoms with van der Waals surface area (Å²) < 4.78 is 0. The SMILES string of the molecule is Nc1ncc(-c2ccncc2)nc1N[C@@H]1CCCNC1. The van der Waals surface area contributed by atoms with Crippen LogP contribution in [0.3, 0.4) is 0 Å². The number of hydrogen-bond acceptors (Lipinski definition) is 6. The Kier molecular flexibility index (Phi) is 3.73. The summed E-state index contributed by atoms with van der Waals surface area (Å²) in [6.07, 6.45) is 7.45. The van der Waals surface area contributed by atoms with Crippen molar-refractivity contribution in [2.45, 2.75) is 18.9 Å². The highest BCUT2D eigenvalue weighted by Gasteiger charge is 2.15. The monoisotopic (exact) mass is 270 g/mol. The van der Waals surface area contributed by atoms with Gasteiger partial charge in [-0.1, -0.05) is 0 Å². The van der Waals surface area contributed by atoms with Crippen LogP contribution in [0.25, 0.3) is 11.3 Å². The van der Waals surface area contributed by atoms with Crippen molar-refractivity contribution in [2.75, 3.05) is 24.1 Å². The largest absolute Gasteiger partial charge is 0.381 e. The summed E-state index contributed by atoms with van der Waals surface area (Å²) in [7, 11) is 0. The van der Waals surface area contributed by atoms with Gasteiger partial charge in [-0.25, -0.2) is 9.97 Å². The van der Waals surface area contributed by atoms with E-state index in [9.17, 15) is 0 Å². The second-order valence-corrected chi connectivity index (χ2v) is 4.91. The molecule has 3 heterocycles. The van der Waals surface area contributed by atoms with Crippen LogP contribution < -0.4 is 16.4 Å². The van der Waals surface area contributed by atoms with Crippen molar-refractivity contribution < 1.29 is 0 Å². The molecule has 1 aliphatic heterocycles. The molecule has 0 aliphatic carbocycles. The molecule has 0 unspecified atom stereocenters. The lowest BCUT2D eigenvalue weighted by atomic mass is 10.1. The highest BCUT2D eigenvalue weighted by molar-refractivity contribution is 5.65. The lowest BCUT2D eigenvalue weighted by molar-refractivity contribution is 0.479. The number of nitrogens with two attached hydrogens (primary N) is 1. The maximum Gasteiger partial charge on any atom is 0.169 e. The Balaban J connectivity index is 1.83. The topological polar surface area (TPSA) is 88.8 Å². The number of anilines is 2. The zero-order chi connectivity index (χ0) is 13.8. The predicted molar refractivity (Wildman–Crippen MR) is 79.2 cm³/mol. The molecule has 0 bridgehead atoms. The van der Waals surface area contributed by atoms with Gasteiger partial charge in [0.1, 0.15) is 0 Å². The minimum absolute atomic E-state index is 0.355. The van der Waals surface area contributed by atoms with E-state index in [4.69, 9.17) is 5.73 Å². The van der Waals surface area contributed by atoms with E-state index in [0.29, 0.717) is 17.7 Å². The number of hydrogen-bond donors (Lipinski definition) is 3. The van der Waals surface area contributed by atoms with E-state index in [1.807, 2.05) is 12.1 Å². The smallest absolute Gasteiger partial charge is 0.169 e. The molecule has 1 atom stereocenters. The van der Waals surface area contributed by atoms with Gasteiger partial charge >= 0.3 is 0 Å². The molecule has 6 nitrogen and oxygen atoms in total. The lowest BCUT2D eigenvalue weighted by Gasteiger charge is -2.24. The minimum atomic E-state index is 0.355. The quantitative estimate of drug-likeness (QED) is 0.778. The van der Waals surface area contributed by atoms with Crippen LogP contribution in [0.1, 0.15) is 12.8 Å². The molecule has 6 heteroatoms. The van der Waals surface area contributed by atoms with Crippen LogP contribution in [0.5, 0.6) is 0 Å². The summed E-state index contributed by atoms with van der Waals surface area (Å²) in [5.74, 6) is 1.10. The maximum absolute atomic E-state index is 5.92. The first kappa shape index (κ1) is 12.8. The Morgan fingerprint density at radius 1 is 1.30 bits per heavy atom. The molecule has 2 aromatic heterocycles. The molecule has 20 heavy (non-hydrogen) atoms. The van der Waals surface area contributed by atoms with Gasteiger partial charge in [0.15, 0.2) is 11.6 Å². The average molecular weight is 270 g/mol. The number of nitrogens with zero attached hydrogens (tertiary/aromatic N) is 3. The molecule has 0 spiro atoms. The van der Waals surface area contributed by atoms with Crippen molar-refractivity contribution in [1.29, 1.82) is 0 Å². The number of pyridine rings is 1. The summed E-state index contributed by atoms with van der Waals surface area (Å²) >= 11 is 0.